The Kier molecular flexibility index (Phi) is 3.63. The number of allylic oxidation sites excluding steroid dienone is 2. The lowest BCUT2D eigenvalue weighted by Crippen LogP contribution is -2.63. The minimum absolute atomic E-state index is 0.00234. The second-order valence-corrected chi connectivity index (χ2v) is 12.5. The topological polar surface area (TPSA) is 54.4 Å². The van der Waals surface area contributed by atoms with Gasteiger partial charge in [0.15, 0.2) is 9.84 Å². The zero-order valence-electron chi connectivity index (χ0n) is 16.0. The molecular formula is C21H32O3S. The van der Waals surface area contributed by atoms with Gasteiger partial charge in [-0.25, -0.2) is 8.42 Å². The number of aliphatic hydroxyl groups is 1. The Bertz CT molecular complexity index is 747. The van der Waals surface area contributed by atoms with Crippen molar-refractivity contribution in [2.24, 2.45) is 34.0 Å². The number of hydrogen-bond donors (Lipinski definition) is 1. The molecule has 0 aromatic rings. The van der Waals surface area contributed by atoms with Crippen molar-refractivity contribution in [3.63, 3.8) is 0 Å². The van der Waals surface area contributed by atoms with E-state index in [-0.39, 0.29) is 34.2 Å². The highest BCUT2D eigenvalue weighted by Gasteiger charge is 2.64. The summed E-state index contributed by atoms with van der Waals surface area (Å²) in [4.78, 5) is 0. The van der Waals surface area contributed by atoms with E-state index < -0.39 is 15.1 Å². The number of fused-ring (bicyclic) bond motifs is 5. The number of hydrogen-bond acceptors (Lipinski definition) is 3. The molecule has 25 heavy (non-hydrogen) atoms. The normalized spacial score (nSPS) is 50.2. The molecule has 0 aromatic heterocycles. The lowest BCUT2D eigenvalue weighted by Gasteiger charge is -2.66. The standard InChI is InChI=1S/C21H32O3S/c1-19(2)9-5-10-21(4)17(19)8-11-20(3)15-7-6-14(22)12-16(15)25(23,24)13-18(20)21/h6-7,12,15-18,22H,5,8-11,13H2,1-4H3/t15?,16?,17-,18-,20-,21-/m0/s1. The average Bonchev–Trinajstić information content (AvgIpc) is 2.49. The molecule has 0 spiro atoms. The van der Waals surface area contributed by atoms with Gasteiger partial charge in [-0.1, -0.05) is 40.2 Å². The lowest BCUT2D eigenvalue weighted by atomic mass is 9.41. The molecule has 1 aliphatic heterocycles. The van der Waals surface area contributed by atoms with Crippen LogP contribution in [0.1, 0.15) is 59.8 Å². The molecule has 1 N–H and O–H groups in total. The molecule has 2 saturated carbocycles. The second kappa shape index (κ2) is 5.15. The van der Waals surface area contributed by atoms with Gasteiger partial charge in [0.25, 0.3) is 0 Å². The first kappa shape index (κ1) is 17.6. The fourth-order valence-corrected chi connectivity index (χ4v) is 10.0. The van der Waals surface area contributed by atoms with Gasteiger partial charge in [0.2, 0.25) is 0 Å². The molecule has 0 radical (unpaired) electrons. The Morgan fingerprint density at radius 3 is 2.48 bits per heavy atom. The number of sulfone groups is 1. The van der Waals surface area contributed by atoms with Gasteiger partial charge in [0.05, 0.1) is 11.0 Å². The zero-order valence-corrected chi connectivity index (χ0v) is 16.8. The molecule has 4 aliphatic rings. The third kappa shape index (κ3) is 2.32. The fourth-order valence-electron chi connectivity index (χ4n) is 7.37. The summed E-state index contributed by atoms with van der Waals surface area (Å²) in [5, 5.41) is 9.33. The van der Waals surface area contributed by atoms with Crippen LogP contribution in [0.2, 0.25) is 0 Å². The maximum atomic E-state index is 13.1. The second-order valence-electron chi connectivity index (χ2n) is 10.3. The quantitative estimate of drug-likeness (QED) is 0.680. The Balaban J connectivity index is 1.82. The van der Waals surface area contributed by atoms with Crippen molar-refractivity contribution in [1.82, 2.24) is 0 Å². The molecule has 0 amide bonds. The van der Waals surface area contributed by atoms with Crippen LogP contribution >= 0.6 is 0 Å². The molecule has 3 fully saturated rings. The molecule has 3 nitrogen and oxygen atoms in total. The third-order valence-electron chi connectivity index (χ3n) is 8.58. The van der Waals surface area contributed by atoms with Gasteiger partial charge >= 0.3 is 0 Å². The summed E-state index contributed by atoms with van der Waals surface area (Å²) < 4.78 is 26.3. The smallest absolute Gasteiger partial charge is 0.157 e. The van der Waals surface area contributed by atoms with E-state index in [9.17, 15) is 13.5 Å². The molecule has 0 aromatic carbocycles. The zero-order chi connectivity index (χ0) is 18.3. The third-order valence-corrected chi connectivity index (χ3v) is 10.6. The Morgan fingerprint density at radius 1 is 1.04 bits per heavy atom. The molecular weight excluding hydrogens is 332 g/mol. The van der Waals surface area contributed by atoms with E-state index in [4.69, 9.17) is 0 Å². The van der Waals surface area contributed by atoms with Crippen molar-refractivity contribution >= 4 is 9.84 Å². The summed E-state index contributed by atoms with van der Waals surface area (Å²) in [6.45, 7) is 9.49. The van der Waals surface area contributed by atoms with Crippen LogP contribution in [-0.2, 0) is 9.84 Å². The van der Waals surface area contributed by atoms with Gasteiger partial charge in [0.1, 0.15) is 5.76 Å². The summed E-state index contributed by atoms with van der Waals surface area (Å²) in [6.07, 6.45) is 11.2. The van der Waals surface area contributed by atoms with Crippen LogP contribution in [0.3, 0.4) is 0 Å². The van der Waals surface area contributed by atoms with Crippen LogP contribution in [0.15, 0.2) is 24.0 Å². The first-order chi connectivity index (χ1) is 11.5. The van der Waals surface area contributed by atoms with Gasteiger partial charge in [0, 0.05) is 5.92 Å². The van der Waals surface area contributed by atoms with E-state index in [1.807, 2.05) is 6.08 Å². The molecule has 6 atom stereocenters. The molecule has 4 heteroatoms. The van der Waals surface area contributed by atoms with Crippen LogP contribution in [0.25, 0.3) is 0 Å². The van der Waals surface area contributed by atoms with Gasteiger partial charge in [-0.2, -0.15) is 0 Å². The lowest BCUT2D eigenvalue weighted by molar-refractivity contribution is -0.135. The van der Waals surface area contributed by atoms with E-state index >= 15 is 0 Å². The maximum Gasteiger partial charge on any atom is 0.157 e. The van der Waals surface area contributed by atoms with Crippen molar-refractivity contribution < 1.29 is 13.5 Å². The predicted octanol–water partition coefficient (Wildman–Crippen LogP) is 4.66. The van der Waals surface area contributed by atoms with Crippen LogP contribution in [0, 0.1) is 34.0 Å². The van der Waals surface area contributed by atoms with Gasteiger partial charge < -0.3 is 5.11 Å². The Morgan fingerprint density at radius 2 is 1.76 bits per heavy atom. The average molecular weight is 365 g/mol. The number of aliphatic hydroxyl groups excluding tert-OH is 1. The predicted molar refractivity (Wildman–Crippen MR) is 101 cm³/mol. The molecule has 140 valence electrons. The molecule has 1 saturated heterocycles. The fraction of sp³-hybridized carbons (Fsp3) is 0.810. The van der Waals surface area contributed by atoms with Crippen LogP contribution in [0.5, 0.6) is 0 Å². The van der Waals surface area contributed by atoms with E-state index in [2.05, 4.69) is 27.7 Å². The Hall–Kier alpha value is -0.770. The molecule has 4 rings (SSSR count). The van der Waals surface area contributed by atoms with E-state index in [0.29, 0.717) is 11.3 Å². The van der Waals surface area contributed by atoms with Crippen molar-refractivity contribution in [3.05, 3.63) is 24.0 Å². The summed E-state index contributed by atoms with van der Waals surface area (Å²) in [5.74, 6) is 1.20. The van der Waals surface area contributed by atoms with Gasteiger partial charge in [-0.15, -0.1) is 0 Å². The monoisotopic (exact) mass is 364 g/mol. The largest absolute Gasteiger partial charge is 0.508 e. The van der Waals surface area contributed by atoms with Crippen molar-refractivity contribution in [3.8, 4) is 0 Å². The van der Waals surface area contributed by atoms with Crippen LogP contribution in [-0.4, -0.2) is 24.5 Å². The SMILES string of the molecule is CC1(C)CCC[C@]2(C)[C@H]3CS(=O)(=O)C4C=C(O)C=CC4[C@]3(C)CC[C@@H]12. The summed E-state index contributed by atoms with van der Waals surface area (Å²) >= 11 is 0. The highest BCUT2D eigenvalue weighted by molar-refractivity contribution is 7.92. The van der Waals surface area contributed by atoms with Crippen LogP contribution in [0.4, 0.5) is 0 Å². The van der Waals surface area contributed by atoms with Crippen molar-refractivity contribution in [2.75, 3.05) is 5.75 Å². The summed E-state index contributed by atoms with van der Waals surface area (Å²) in [7, 11) is -3.24. The maximum absolute atomic E-state index is 13.1. The summed E-state index contributed by atoms with van der Waals surface area (Å²) in [5.41, 5.74) is 0.404. The molecule has 0 bridgehead atoms. The van der Waals surface area contributed by atoms with Crippen LogP contribution < -0.4 is 0 Å². The van der Waals surface area contributed by atoms with E-state index in [1.165, 1.54) is 19.3 Å². The van der Waals surface area contributed by atoms with Crippen molar-refractivity contribution in [1.29, 1.82) is 0 Å². The minimum atomic E-state index is -3.24. The van der Waals surface area contributed by atoms with Gasteiger partial charge in [-0.05, 0) is 65.9 Å². The molecule has 2 unspecified atom stereocenters. The first-order valence-electron chi connectivity index (χ1n) is 9.81. The number of rotatable bonds is 0. The minimum Gasteiger partial charge on any atom is -0.508 e. The molecule has 3 aliphatic carbocycles. The Labute approximate surface area is 152 Å². The molecule has 1 heterocycles. The first-order valence-corrected chi connectivity index (χ1v) is 11.5. The highest BCUT2D eigenvalue weighted by Crippen LogP contribution is 2.68. The van der Waals surface area contributed by atoms with Crippen molar-refractivity contribution in [2.45, 2.75) is 65.0 Å². The summed E-state index contributed by atoms with van der Waals surface area (Å²) in [6, 6.07) is 0. The van der Waals surface area contributed by atoms with E-state index in [1.54, 1.807) is 12.2 Å². The van der Waals surface area contributed by atoms with E-state index in [0.717, 1.165) is 12.8 Å². The van der Waals surface area contributed by atoms with Gasteiger partial charge in [-0.3, -0.25) is 0 Å². The highest BCUT2D eigenvalue weighted by atomic mass is 32.2.